The highest BCUT2D eigenvalue weighted by Crippen LogP contribution is 2.40. The van der Waals surface area contributed by atoms with Crippen molar-refractivity contribution in [3.8, 4) is 11.3 Å². The van der Waals surface area contributed by atoms with Crippen molar-refractivity contribution in [2.24, 2.45) is 0 Å². The molecular formula is C19H16N2O3S2. The Morgan fingerprint density at radius 3 is 2.62 bits per heavy atom. The maximum absolute atomic E-state index is 12.3. The van der Waals surface area contributed by atoms with Crippen LogP contribution in [0.5, 0.6) is 0 Å². The maximum Gasteiger partial charge on any atom is 0.230 e. The third-order valence-electron chi connectivity index (χ3n) is 4.28. The quantitative estimate of drug-likeness (QED) is 0.586. The van der Waals surface area contributed by atoms with Crippen LogP contribution in [0.2, 0.25) is 0 Å². The third kappa shape index (κ3) is 3.27. The van der Waals surface area contributed by atoms with Crippen molar-refractivity contribution in [1.29, 1.82) is 0 Å². The highest BCUT2D eigenvalue weighted by Gasteiger charge is 2.23. The zero-order chi connectivity index (χ0) is 18.3. The zero-order valence-corrected chi connectivity index (χ0v) is 15.7. The zero-order valence-electron chi connectivity index (χ0n) is 14.0. The van der Waals surface area contributed by atoms with Crippen LogP contribution in [0.3, 0.4) is 0 Å². The number of hydrogen-bond acceptors (Lipinski definition) is 5. The first-order valence-electron chi connectivity index (χ1n) is 8.07. The Bertz CT molecular complexity index is 1100. The van der Waals surface area contributed by atoms with Gasteiger partial charge in [-0.3, -0.25) is 4.79 Å². The molecule has 0 saturated heterocycles. The number of fused-ring (bicyclic) bond motifs is 3. The van der Waals surface area contributed by atoms with E-state index in [1.807, 2.05) is 12.1 Å². The van der Waals surface area contributed by atoms with Crippen LogP contribution in [0.15, 0.2) is 53.4 Å². The molecule has 26 heavy (non-hydrogen) atoms. The Morgan fingerprint density at radius 1 is 1.15 bits per heavy atom. The van der Waals surface area contributed by atoms with Crippen LogP contribution < -0.4 is 5.32 Å². The van der Waals surface area contributed by atoms with Gasteiger partial charge in [-0.15, -0.1) is 11.3 Å². The molecule has 1 aromatic heterocycles. The third-order valence-corrected chi connectivity index (χ3v) is 6.38. The van der Waals surface area contributed by atoms with Gasteiger partial charge in [0.1, 0.15) is 0 Å². The van der Waals surface area contributed by atoms with E-state index in [0.29, 0.717) is 5.13 Å². The predicted molar refractivity (Wildman–Crippen MR) is 102 cm³/mol. The van der Waals surface area contributed by atoms with Crippen molar-refractivity contribution in [2.75, 3.05) is 11.6 Å². The molecule has 0 radical (unpaired) electrons. The number of nitrogens with one attached hydrogen (secondary N) is 1. The molecule has 0 fully saturated rings. The van der Waals surface area contributed by atoms with Gasteiger partial charge in [-0.2, -0.15) is 0 Å². The lowest BCUT2D eigenvalue weighted by Gasteiger charge is -2.04. The van der Waals surface area contributed by atoms with E-state index in [0.717, 1.165) is 29.5 Å². The van der Waals surface area contributed by atoms with Gasteiger partial charge >= 0.3 is 0 Å². The summed E-state index contributed by atoms with van der Waals surface area (Å²) in [5, 5.41) is 3.45. The van der Waals surface area contributed by atoms with Gasteiger partial charge in [0.05, 0.1) is 17.0 Å². The second kappa shape index (κ2) is 6.34. The molecule has 4 rings (SSSR count). The van der Waals surface area contributed by atoms with Gasteiger partial charge in [0.25, 0.3) is 0 Å². The van der Waals surface area contributed by atoms with Crippen LogP contribution in [0.1, 0.15) is 16.0 Å². The van der Waals surface area contributed by atoms with Crippen molar-refractivity contribution in [3.63, 3.8) is 0 Å². The van der Waals surface area contributed by atoms with Crippen LogP contribution in [-0.4, -0.2) is 25.6 Å². The standard InChI is InChI=1S/C19H16N2O3S2/c1-26(23,24)14-8-6-12(7-9-14)10-17(22)20-19-21-18-15-5-3-2-4-13(15)11-16(18)25-19/h2-9H,10-11H2,1H3,(H,20,21,22). The Kier molecular flexibility index (Phi) is 4.13. The average Bonchev–Trinajstić information content (AvgIpc) is 3.11. The summed E-state index contributed by atoms with van der Waals surface area (Å²) < 4.78 is 23.0. The number of rotatable bonds is 4. The van der Waals surface area contributed by atoms with Gasteiger partial charge in [0, 0.05) is 23.1 Å². The fourth-order valence-corrected chi connectivity index (χ4v) is 4.66. The van der Waals surface area contributed by atoms with Crippen molar-refractivity contribution >= 4 is 32.2 Å². The minimum absolute atomic E-state index is 0.169. The van der Waals surface area contributed by atoms with Crippen molar-refractivity contribution < 1.29 is 13.2 Å². The van der Waals surface area contributed by atoms with Crippen LogP contribution in [0, 0.1) is 0 Å². The second-order valence-corrected chi connectivity index (χ2v) is 9.37. The molecule has 132 valence electrons. The first-order chi connectivity index (χ1) is 12.4. The van der Waals surface area contributed by atoms with Gasteiger partial charge in [0.15, 0.2) is 15.0 Å². The van der Waals surface area contributed by atoms with E-state index in [1.165, 1.54) is 33.9 Å². The summed E-state index contributed by atoms with van der Waals surface area (Å²) in [7, 11) is -3.23. The highest BCUT2D eigenvalue weighted by atomic mass is 32.2. The van der Waals surface area contributed by atoms with Crippen molar-refractivity contribution in [3.05, 3.63) is 64.5 Å². The van der Waals surface area contributed by atoms with Crippen LogP contribution in [0.4, 0.5) is 5.13 Å². The number of carbonyl (C=O) groups excluding carboxylic acids is 1. The molecule has 0 saturated carbocycles. The summed E-state index contributed by atoms with van der Waals surface area (Å²) in [5.74, 6) is -0.169. The molecule has 0 atom stereocenters. The maximum atomic E-state index is 12.3. The molecule has 7 heteroatoms. The number of anilines is 1. The van der Waals surface area contributed by atoms with E-state index in [2.05, 4.69) is 22.4 Å². The molecule has 1 N–H and O–H groups in total. The first-order valence-corrected chi connectivity index (χ1v) is 10.8. The van der Waals surface area contributed by atoms with Gasteiger partial charge in [-0.25, -0.2) is 13.4 Å². The number of nitrogens with zero attached hydrogens (tertiary/aromatic N) is 1. The second-order valence-electron chi connectivity index (χ2n) is 6.27. The molecule has 1 aliphatic rings. The van der Waals surface area contributed by atoms with E-state index in [-0.39, 0.29) is 17.2 Å². The fourth-order valence-electron chi connectivity index (χ4n) is 3.02. The minimum Gasteiger partial charge on any atom is -0.302 e. The summed E-state index contributed by atoms with van der Waals surface area (Å²) in [6, 6.07) is 14.5. The molecule has 0 aliphatic heterocycles. The summed E-state index contributed by atoms with van der Waals surface area (Å²) in [4.78, 5) is 18.3. The smallest absolute Gasteiger partial charge is 0.230 e. The Balaban J connectivity index is 1.45. The lowest BCUT2D eigenvalue weighted by Crippen LogP contribution is -2.14. The number of aromatic nitrogens is 1. The normalized spacial score (nSPS) is 12.5. The van der Waals surface area contributed by atoms with Gasteiger partial charge in [-0.1, -0.05) is 36.4 Å². The topological polar surface area (TPSA) is 76.1 Å². The van der Waals surface area contributed by atoms with E-state index in [9.17, 15) is 13.2 Å². The van der Waals surface area contributed by atoms with E-state index < -0.39 is 9.84 Å². The van der Waals surface area contributed by atoms with E-state index in [1.54, 1.807) is 12.1 Å². The fraction of sp³-hybridized carbons (Fsp3) is 0.158. The lowest BCUT2D eigenvalue weighted by atomic mass is 10.1. The molecule has 1 heterocycles. The molecule has 0 bridgehead atoms. The summed E-state index contributed by atoms with van der Waals surface area (Å²) >= 11 is 1.50. The lowest BCUT2D eigenvalue weighted by molar-refractivity contribution is -0.115. The molecule has 0 unspecified atom stereocenters. The van der Waals surface area contributed by atoms with Crippen molar-refractivity contribution in [1.82, 2.24) is 4.98 Å². The Hall–Kier alpha value is -2.51. The van der Waals surface area contributed by atoms with Crippen molar-refractivity contribution in [2.45, 2.75) is 17.7 Å². The molecule has 3 aromatic rings. The largest absolute Gasteiger partial charge is 0.302 e. The number of amides is 1. The van der Waals surface area contributed by atoms with Crippen LogP contribution in [-0.2, 0) is 27.5 Å². The van der Waals surface area contributed by atoms with Gasteiger partial charge < -0.3 is 5.32 Å². The number of carbonyl (C=O) groups is 1. The summed E-state index contributed by atoms with van der Waals surface area (Å²) in [6.07, 6.45) is 2.19. The average molecular weight is 384 g/mol. The molecular weight excluding hydrogens is 368 g/mol. The summed E-state index contributed by atoms with van der Waals surface area (Å²) in [5.41, 5.74) is 4.11. The minimum atomic E-state index is -3.23. The molecule has 5 nitrogen and oxygen atoms in total. The highest BCUT2D eigenvalue weighted by molar-refractivity contribution is 7.90. The van der Waals surface area contributed by atoms with Gasteiger partial charge in [-0.05, 0) is 23.3 Å². The number of hydrogen-bond donors (Lipinski definition) is 1. The SMILES string of the molecule is CS(=O)(=O)c1ccc(CC(=O)Nc2nc3c(s2)Cc2ccccc2-3)cc1. The molecule has 2 aromatic carbocycles. The molecule has 0 spiro atoms. The molecule has 1 amide bonds. The van der Waals surface area contributed by atoms with Crippen LogP contribution >= 0.6 is 11.3 Å². The van der Waals surface area contributed by atoms with Gasteiger partial charge in [0.2, 0.25) is 5.91 Å². The molecule has 1 aliphatic carbocycles. The number of thiazole rings is 1. The van der Waals surface area contributed by atoms with E-state index >= 15 is 0 Å². The Morgan fingerprint density at radius 2 is 1.88 bits per heavy atom. The summed E-state index contributed by atoms with van der Waals surface area (Å²) in [6.45, 7) is 0. The van der Waals surface area contributed by atoms with Crippen LogP contribution in [0.25, 0.3) is 11.3 Å². The monoisotopic (exact) mass is 384 g/mol. The Labute approximate surface area is 155 Å². The van der Waals surface area contributed by atoms with E-state index in [4.69, 9.17) is 0 Å². The number of benzene rings is 2. The number of sulfone groups is 1. The first kappa shape index (κ1) is 16.9. The predicted octanol–water partition coefficient (Wildman–Crippen LogP) is 3.30.